The van der Waals surface area contributed by atoms with Gasteiger partial charge in [0.25, 0.3) is 0 Å². The SMILES string of the molecule is CCCCN(C(=O)O)C(=Nn1cnnc1)c1ccc(Cl)cc1Cl. The zero-order chi connectivity index (χ0) is 16.8. The lowest BCUT2D eigenvalue weighted by Crippen LogP contribution is -2.37. The number of carbonyl (C=O) groups is 1. The Morgan fingerprint density at radius 3 is 2.61 bits per heavy atom. The van der Waals surface area contributed by atoms with Crippen molar-refractivity contribution in [3.63, 3.8) is 0 Å². The van der Waals surface area contributed by atoms with Crippen molar-refractivity contribution < 1.29 is 9.90 Å². The minimum atomic E-state index is -1.11. The predicted octanol–water partition coefficient (Wildman–Crippen LogP) is 3.57. The zero-order valence-electron chi connectivity index (χ0n) is 12.4. The largest absolute Gasteiger partial charge is 0.465 e. The summed E-state index contributed by atoms with van der Waals surface area (Å²) in [5.74, 6) is 0.187. The number of halogens is 2. The number of nitrogens with zero attached hydrogens (tertiary/aromatic N) is 5. The van der Waals surface area contributed by atoms with Crippen LogP contribution < -0.4 is 0 Å². The molecule has 0 saturated carbocycles. The van der Waals surface area contributed by atoms with E-state index in [2.05, 4.69) is 15.3 Å². The van der Waals surface area contributed by atoms with Crippen LogP contribution >= 0.6 is 23.2 Å². The summed E-state index contributed by atoms with van der Waals surface area (Å²) in [7, 11) is 0. The fourth-order valence-corrected chi connectivity index (χ4v) is 2.38. The standard InChI is InChI=1S/C14H15Cl2N5O2/c1-2-3-6-21(14(22)23)13(19-20-8-17-18-9-20)11-5-4-10(15)7-12(11)16/h4-5,7-9H,2-3,6H2,1H3,(H,22,23). The molecule has 0 radical (unpaired) electrons. The zero-order valence-corrected chi connectivity index (χ0v) is 13.9. The van der Waals surface area contributed by atoms with E-state index in [1.165, 1.54) is 17.3 Å². The maximum absolute atomic E-state index is 11.7. The van der Waals surface area contributed by atoms with Gasteiger partial charge in [-0.05, 0) is 24.6 Å². The molecule has 0 fully saturated rings. The molecule has 0 saturated heterocycles. The number of aromatic nitrogens is 3. The van der Waals surface area contributed by atoms with Crippen molar-refractivity contribution in [1.82, 2.24) is 19.8 Å². The van der Waals surface area contributed by atoms with E-state index in [1.807, 2.05) is 6.92 Å². The summed E-state index contributed by atoms with van der Waals surface area (Å²) in [4.78, 5) is 12.8. The van der Waals surface area contributed by atoms with Crippen molar-refractivity contribution in [2.45, 2.75) is 19.8 Å². The van der Waals surface area contributed by atoms with Crippen LogP contribution in [0.5, 0.6) is 0 Å². The lowest BCUT2D eigenvalue weighted by Gasteiger charge is -2.21. The van der Waals surface area contributed by atoms with Gasteiger partial charge in [-0.15, -0.1) is 15.3 Å². The second-order valence-corrected chi connectivity index (χ2v) is 5.52. The van der Waals surface area contributed by atoms with Crippen molar-refractivity contribution >= 4 is 35.1 Å². The molecule has 1 aromatic carbocycles. The van der Waals surface area contributed by atoms with Crippen molar-refractivity contribution in [3.8, 4) is 0 Å². The number of amidine groups is 1. The van der Waals surface area contributed by atoms with Crippen LogP contribution in [-0.4, -0.2) is 43.4 Å². The van der Waals surface area contributed by atoms with Crippen LogP contribution in [0.25, 0.3) is 0 Å². The van der Waals surface area contributed by atoms with Crippen LogP contribution in [0, 0.1) is 0 Å². The summed E-state index contributed by atoms with van der Waals surface area (Å²) < 4.78 is 1.32. The molecule has 1 aromatic heterocycles. The summed E-state index contributed by atoms with van der Waals surface area (Å²) in [5.41, 5.74) is 0.461. The topological polar surface area (TPSA) is 83.6 Å². The van der Waals surface area contributed by atoms with Gasteiger partial charge >= 0.3 is 6.09 Å². The van der Waals surface area contributed by atoms with Gasteiger partial charge in [0.1, 0.15) is 12.7 Å². The summed E-state index contributed by atoms with van der Waals surface area (Å²) in [6, 6.07) is 4.81. The number of unbranched alkanes of at least 4 members (excludes halogenated alkanes) is 1. The molecular formula is C14H15Cl2N5O2. The van der Waals surface area contributed by atoms with E-state index in [-0.39, 0.29) is 5.84 Å². The monoisotopic (exact) mass is 355 g/mol. The van der Waals surface area contributed by atoms with Crippen LogP contribution in [-0.2, 0) is 0 Å². The Morgan fingerprint density at radius 1 is 1.35 bits per heavy atom. The van der Waals surface area contributed by atoms with Gasteiger partial charge in [-0.25, -0.2) is 9.47 Å². The Balaban J connectivity index is 2.52. The van der Waals surface area contributed by atoms with Gasteiger partial charge in [0, 0.05) is 17.1 Å². The van der Waals surface area contributed by atoms with Gasteiger partial charge in [-0.2, -0.15) is 0 Å². The van der Waals surface area contributed by atoms with Gasteiger partial charge in [0.05, 0.1) is 5.02 Å². The van der Waals surface area contributed by atoms with Crippen LogP contribution in [0.1, 0.15) is 25.3 Å². The van der Waals surface area contributed by atoms with Crippen molar-refractivity contribution in [2.24, 2.45) is 5.10 Å². The molecule has 2 rings (SSSR count). The molecule has 1 N–H and O–H groups in total. The lowest BCUT2D eigenvalue weighted by atomic mass is 10.2. The predicted molar refractivity (Wildman–Crippen MR) is 88.1 cm³/mol. The lowest BCUT2D eigenvalue weighted by molar-refractivity contribution is 0.168. The molecule has 0 bridgehead atoms. The molecule has 23 heavy (non-hydrogen) atoms. The van der Waals surface area contributed by atoms with Crippen LogP contribution in [0.4, 0.5) is 4.79 Å². The van der Waals surface area contributed by atoms with E-state index < -0.39 is 6.09 Å². The molecule has 0 aliphatic heterocycles. The summed E-state index contributed by atoms with van der Waals surface area (Å²) in [5, 5.41) is 21.9. The molecule has 0 atom stereocenters. The first-order valence-corrected chi connectivity index (χ1v) is 7.68. The summed E-state index contributed by atoms with van der Waals surface area (Å²) >= 11 is 12.1. The van der Waals surface area contributed by atoms with Crippen LogP contribution in [0.15, 0.2) is 36.0 Å². The highest BCUT2D eigenvalue weighted by atomic mass is 35.5. The minimum absolute atomic E-state index is 0.187. The van der Waals surface area contributed by atoms with Crippen LogP contribution in [0.2, 0.25) is 10.0 Å². The third kappa shape index (κ3) is 4.43. The Labute approximate surface area is 143 Å². The maximum Gasteiger partial charge on any atom is 0.413 e. The normalized spacial score (nSPS) is 11.5. The molecule has 2 aromatic rings. The second-order valence-electron chi connectivity index (χ2n) is 4.68. The summed E-state index contributed by atoms with van der Waals surface area (Å²) in [6.07, 6.45) is 3.15. The molecule has 122 valence electrons. The van der Waals surface area contributed by atoms with E-state index in [0.717, 1.165) is 11.3 Å². The molecule has 0 unspecified atom stereocenters. The molecule has 7 nitrogen and oxygen atoms in total. The Morgan fingerprint density at radius 2 is 2.04 bits per heavy atom. The molecule has 0 aliphatic rings. The highest BCUT2D eigenvalue weighted by molar-refractivity contribution is 6.37. The van der Waals surface area contributed by atoms with Crippen LogP contribution in [0.3, 0.4) is 0 Å². The van der Waals surface area contributed by atoms with Gasteiger partial charge in [-0.1, -0.05) is 36.5 Å². The van der Waals surface area contributed by atoms with E-state index >= 15 is 0 Å². The first-order valence-electron chi connectivity index (χ1n) is 6.92. The number of hydrogen-bond donors (Lipinski definition) is 1. The Kier molecular flexibility index (Phi) is 5.95. The molecule has 0 spiro atoms. The van der Waals surface area contributed by atoms with Gasteiger partial charge in [-0.3, -0.25) is 4.90 Å². The first kappa shape index (κ1) is 17.2. The van der Waals surface area contributed by atoms with Gasteiger partial charge in [0.2, 0.25) is 0 Å². The third-order valence-electron chi connectivity index (χ3n) is 3.01. The highest BCUT2D eigenvalue weighted by Gasteiger charge is 2.22. The average molecular weight is 356 g/mol. The number of hydrogen-bond acceptors (Lipinski definition) is 4. The quantitative estimate of drug-likeness (QED) is 0.656. The fraction of sp³-hybridized carbons (Fsp3) is 0.286. The number of rotatable bonds is 5. The van der Waals surface area contributed by atoms with Crippen molar-refractivity contribution in [2.75, 3.05) is 6.54 Å². The van der Waals surface area contributed by atoms with Crippen molar-refractivity contribution in [3.05, 3.63) is 46.5 Å². The smallest absolute Gasteiger partial charge is 0.413 e. The van der Waals surface area contributed by atoms with E-state index in [9.17, 15) is 9.90 Å². The second kappa shape index (κ2) is 7.94. The Hall–Kier alpha value is -2.12. The molecule has 1 heterocycles. The molecule has 9 heteroatoms. The van der Waals surface area contributed by atoms with E-state index in [4.69, 9.17) is 23.2 Å². The molecule has 1 amide bonds. The van der Waals surface area contributed by atoms with Gasteiger partial charge < -0.3 is 5.11 Å². The number of carboxylic acid groups (broad SMARTS) is 1. The third-order valence-corrected chi connectivity index (χ3v) is 3.56. The number of amides is 1. The number of benzene rings is 1. The van der Waals surface area contributed by atoms with Gasteiger partial charge in [0.15, 0.2) is 5.84 Å². The first-order chi connectivity index (χ1) is 11.0. The Bertz CT molecular complexity index is 703. The molecular weight excluding hydrogens is 341 g/mol. The highest BCUT2D eigenvalue weighted by Crippen LogP contribution is 2.23. The summed E-state index contributed by atoms with van der Waals surface area (Å²) in [6.45, 7) is 2.28. The minimum Gasteiger partial charge on any atom is -0.465 e. The fourth-order valence-electron chi connectivity index (χ4n) is 1.89. The van der Waals surface area contributed by atoms with E-state index in [1.54, 1.807) is 18.2 Å². The molecule has 0 aliphatic carbocycles. The maximum atomic E-state index is 11.7. The van der Waals surface area contributed by atoms with E-state index in [0.29, 0.717) is 28.6 Å². The van der Waals surface area contributed by atoms with Crippen molar-refractivity contribution in [1.29, 1.82) is 0 Å². The average Bonchev–Trinajstić information content (AvgIpc) is 2.99.